The summed E-state index contributed by atoms with van der Waals surface area (Å²) in [4.78, 5) is 0. The lowest BCUT2D eigenvalue weighted by molar-refractivity contribution is 0.110. The molecule has 3 nitrogen and oxygen atoms in total. The first-order chi connectivity index (χ1) is 7.19. The molecule has 1 atom stereocenters. The van der Waals surface area contributed by atoms with Gasteiger partial charge < -0.3 is 14.6 Å². The van der Waals surface area contributed by atoms with Crippen molar-refractivity contribution in [3.05, 3.63) is 29.6 Å². The van der Waals surface area contributed by atoms with Gasteiger partial charge >= 0.3 is 0 Å². The van der Waals surface area contributed by atoms with Crippen molar-refractivity contribution in [2.75, 3.05) is 20.8 Å². The zero-order chi connectivity index (χ0) is 11.3. The molecule has 0 aromatic heterocycles. The fraction of sp³-hybridized carbons (Fsp3) is 0.455. The maximum Gasteiger partial charge on any atom is 0.165 e. The molecule has 1 aromatic rings. The number of halogens is 1. The number of ether oxygens (including phenoxy) is 2. The molecule has 1 unspecified atom stereocenters. The van der Waals surface area contributed by atoms with Crippen molar-refractivity contribution < 1.29 is 19.0 Å². The molecule has 4 heteroatoms. The Morgan fingerprint density at radius 2 is 2.13 bits per heavy atom. The van der Waals surface area contributed by atoms with Crippen molar-refractivity contribution in [2.24, 2.45) is 0 Å². The quantitative estimate of drug-likeness (QED) is 0.813. The molecule has 15 heavy (non-hydrogen) atoms. The van der Waals surface area contributed by atoms with Crippen molar-refractivity contribution >= 4 is 0 Å². The van der Waals surface area contributed by atoms with Crippen molar-refractivity contribution in [2.45, 2.75) is 12.5 Å². The highest BCUT2D eigenvalue weighted by Gasteiger charge is 2.10. The van der Waals surface area contributed by atoms with Gasteiger partial charge in [0, 0.05) is 20.1 Å². The standard InChI is InChI=1S/C11H15FO3/c1-14-6-5-10(13)8-3-4-11(15-2)9(12)7-8/h3-4,7,10,13H,5-6H2,1-2H3. The summed E-state index contributed by atoms with van der Waals surface area (Å²) in [6.45, 7) is 0.439. The Kier molecular flexibility index (Phi) is 4.52. The number of aliphatic hydroxyl groups is 1. The summed E-state index contributed by atoms with van der Waals surface area (Å²) in [6.07, 6.45) is -0.257. The van der Waals surface area contributed by atoms with Crippen LogP contribution in [0.3, 0.4) is 0 Å². The number of aliphatic hydroxyl groups excluding tert-OH is 1. The minimum atomic E-state index is -0.703. The molecule has 0 spiro atoms. The Labute approximate surface area is 88.4 Å². The molecular formula is C11H15FO3. The fourth-order valence-electron chi connectivity index (χ4n) is 1.29. The van der Waals surface area contributed by atoms with Gasteiger partial charge in [0.1, 0.15) is 0 Å². The zero-order valence-corrected chi connectivity index (χ0v) is 8.87. The van der Waals surface area contributed by atoms with Crippen molar-refractivity contribution in [1.29, 1.82) is 0 Å². The van der Waals surface area contributed by atoms with E-state index in [0.29, 0.717) is 18.6 Å². The first-order valence-corrected chi connectivity index (χ1v) is 4.69. The monoisotopic (exact) mass is 214 g/mol. The first-order valence-electron chi connectivity index (χ1n) is 4.69. The smallest absolute Gasteiger partial charge is 0.165 e. The van der Waals surface area contributed by atoms with Gasteiger partial charge in [-0.15, -0.1) is 0 Å². The highest BCUT2D eigenvalue weighted by molar-refractivity contribution is 5.30. The van der Waals surface area contributed by atoms with Gasteiger partial charge in [0.15, 0.2) is 11.6 Å². The molecule has 1 aromatic carbocycles. The summed E-state index contributed by atoms with van der Waals surface area (Å²) in [6, 6.07) is 4.42. The Hall–Kier alpha value is -1.13. The molecule has 0 aliphatic carbocycles. The van der Waals surface area contributed by atoms with Gasteiger partial charge in [-0.05, 0) is 17.7 Å². The molecule has 0 saturated carbocycles. The average Bonchev–Trinajstić information content (AvgIpc) is 2.25. The van der Waals surface area contributed by atoms with E-state index in [-0.39, 0.29) is 5.75 Å². The highest BCUT2D eigenvalue weighted by atomic mass is 19.1. The lowest BCUT2D eigenvalue weighted by Crippen LogP contribution is -2.02. The summed E-state index contributed by atoms with van der Waals surface area (Å²) >= 11 is 0. The third-order valence-electron chi connectivity index (χ3n) is 2.16. The molecule has 0 amide bonds. The van der Waals surface area contributed by atoms with E-state index in [1.54, 1.807) is 13.2 Å². The highest BCUT2D eigenvalue weighted by Crippen LogP contribution is 2.23. The lowest BCUT2D eigenvalue weighted by Gasteiger charge is -2.11. The lowest BCUT2D eigenvalue weighted by atomic mass is 10.1. The Bertz CT molecular complexity index is 315. The second-order valence-corrected chi connectivity index (χ2v) is 3.19. The zero-order valence-electron chi connectivity index (χ0n) is 8.87. The van der Waals surface area contributed by atoms with Crippen LogP contribution in [0.1, 0.15) is 18.1 Å². The topological polar surface area (TPSA) is 38.7 Å². The molecule has 1 N–H and O–H groups in total. The molecular weight excluding hydrogens is 199 g/mol. The van der Waals surface area contributed by atoms with Crippen LogP contribution in [0.4, 0.5) is 4.39 Å². The molecule has 0 fully saturated rings. The van der Waals surface area contributed by atoms with E-state index in [0.717, 1.165) is 0 Å². The van der Waals surface area contributed by atoms with Crippen LogP contribution in [0.15, 0.2) is 18.2 Å². The number of benzene rings is 1. The molecule has 0 saturated heterocycles. The predicted octanol–water partition coefficient (Wildman–Crippen LogP) is 1.90. The summed E-state index contributed by atoms with van der Waals surface area (Å²) in [5.74, 6) is -0.288. The summed E-state index contributed by atoms with van der Waals surface area (Å²) < 4.78 is 22.9. The van der Waals surface area contributed by atoms with Gasteiger partial charge in [0.05, 0.1) is 13.2 Å². The van der Waals surface area contributed by atoms with E-state index in [1.807, 2.05) is 0 Å². The van der Waals surface area contributed by atoms with E-state index < -0.39 is 11.9 Å². The molecule has 0 aliphatic heterocycles. The van der Waals surface area contributed by atoms with Crippen LogP contribution < -0.4 is 4.74 Å². The molecule has 0 radical (unpaired) electrons. The van der Waals surface area contributed by atoms with Crippen molar-refractivity contribution in [3.63, 3.8) is 0 Å². The van der Waals surface area contributed by atoms with E-state index in [2.05, 4.69) is 0 Å². The van der Waals surface area contributed by atoms with Crippen molar-refractivity contribution in [3.8, 4) is 5.75 Å². The minimum Gasteiger partial charge on any atom is -0.494 e. The molecule has 0 bridgehead atoms. The fourth-order valence-corrected chi connectivity index (χ4v) is 1.29. The van der Waals surface area contributed by atoms with Gasteiger partial charge in [0.25, 0.3) is 0 Å². The second kappa shape index (κ2) is 5.68. The SMILES string of the molecule is COCCC(O)c1ccc(OC)c(F)c1. The normalized spacial score (nSPS) is 12.5. The van der Waals surface area contributed by atoms with Gasteiger partial charge in [0.2, 0.25) is 0 Å². The molecule has 1 rings (SSSR count). The second-order valence-electron chi connectivity index (χ2n) is 3.19. The Balaban J connectivity index is 2.73. The van der Waals surface area contributed by atoms with Crippen LogP contribution in [0.25, 0.3) is 0 Å². The van der Waals surface area contributed by atoms with Crippen LogP contribution in [0.5, 0.6) is 5.75 Å². The Morgan fingerprint density at radius 3 is 2.67 bits per heavy atom. The largest absolute Gasteiger partial charge is 0.494 e. The third-order valence-corrected chi connectivity index (χ3v) is 2.16. The van der Waals surface area contributed by atoms with Crippen molar-refractivity contribution in [1.82, 2.24) is 0 Å². The summed E-state index contributed by atoms with van der Waals surface area (Å²) in [5, 5.41) is 9.65. The van der Waals surface area contributed by atoms with E-state index in [1.165, 1.54) is 19.2 Å². The number of rotatable bonds is 5. The maximum absolute atomic E-state index is 13.3. The van der Waals surface area contributed by atoms with E-state index in [9.17, 15) is 9.50 Å². The predicted molar refractivity (Wildman–Crippen MR) is 54.4 cm³/mol. The first kappa shape index (κ1) is 11.9. The van der Waals surface area contributed by atoms with Crippen LogP contribution in [-0.4, -0.2) is 25.9 Å². The number of methoxy groups -OCH3 is 2. The number of hydrogen-bond acceptors (Lipinski definition) is 3. The summed E-state index contributed by atoms with van der Waals surface area (Å²) in [5.41, 5.74) is 0.533. The van der Waals surface area contributed by atoms with Crippen LogP contribution in [-0.2, 0) is 4.74 Å². The summed E-state index contributed by atoms with van der Waals surface area (Å²) in [7, 11) is 2.96. The van der Waals surface area contributed by atoms with Crippen LogP contribution in [0.2, 0.25) is 0 Å². The van der Waals surface area contributed by atoms with Gasteiger partial charge in [-0.25, -0.2) is 4.39 Å². The minimum absolute atomic E-state index is 0.178. The van der Waals surface area contributed by atoms with Gasteiger partial charge in [-0.3, -0.25) is 0 Å². The van der Waals surface area contributed by atoms with Gasteiger partial charge in [-0.1, -0.05) is 6.07 Å². The van der Waals surface area contributed by atoms with Crippen LogP contribution in [0, 0.1) is 5.82 Å². The van der Waals surface area contributed by atoms with E-state index >= 15 is 0 Å². The molecule has 0 heterocycles. The maximum atomic E-state index is 13.3. The van der Waals surface area contributed by atoms with Gasteiger partial charge in [-0.2, -0.15) is 0 Å². The van der Waals surface area contributed by atoms with E-state index in [4.69, 9.17) is 9.47 Å². The number of hydrogen-bond donors (Lipinski definition) is 1. The average molecular weight is 214 g/mol. The third kappa shape index (κ3) is 3.18. The molecule has 84 valence electrons. The Morgan fingerprint density at radius 1 is 1.40 bits per heavy atom. The van der Waals surface area contributed by atoms with Crippen LogP contribution >= 0.6 is 0 Å². The molecule has 0 aliphatic rings.